The normalized spacial score (nSPS) is 20.3. The van der Waals surface area contributed by atoms with Gasteiger partial charge in [-0.15, -0.1) is 0 Å². The Balaban J connectivity index is 1.43. The third kappa shape index (κ3) is 5.32. The van der Waals surface area contributed by atoms with E-state index in [1.54, 1.807) is 0 Å². The largest absolute Gasteiger partial charge is 0.379 e. The van der Waals surface area contributed by atoms with Crippen LogP contribution in [0.4, 0.5) is 10.6 Å². The Morgan fingerprint density at radius 3 is 2.56 bits per heavy atom. The van der Waals surface area contributed by atoms with Gasteiger partial charge in [0, 0.05) is 51.0 Å². The quantitative estimate of drug-likeness (QED) is 0.763. The monoisotopic (exact) mass is 375 g/mol. The van der Waals surface area contributed by atoms with Crippen LogP contribution in [0.3, 0.4) is 0 Å². The molecule has 27 heavy (non-hydrogen) atoms. The van der Waals surface area contributed by atoms with Gasteiger partial charge in [0.1, 0.15) is 5.82 Å². The molecular formula is C20H33N5O2. The van der Waals surface area contributed by atoms with E-state index in [2.05, 4.69) is 39.3 Å². The molecule has 2 saturated heterocycles. The zero-order valence-electron chi connectivity index (χ0n) is 16.7. The molecule has 7 heteroatoms. The van der Waals surface area contributed by atoms with Gasteiger partial charge in [-0.2, -0.15) is 0 Å². The molecule has 0 spiro atoms. The average molecular weight is 376 g/mol. The van der Waals surface area contributed by atoms with Crippen molar-refractivity contribution < 1.29 is 9.53 Å². The molecule has 1 aromatic heterocycles. The first-order chi connectivity index (χ1) is 13.1. The van der Waals surface area contributed by atoms with Crippen molar-refractivity contribution in [3.63, 3.8) is 0 Å². The lowest BCUT2D eigenvalue weighted by Crippen LogP contribution is -2.57. The van der Waals surface area contributed by atoms with Crippen LogP contribution in [0.2, 0.25) is 0 Å². The second kappa shape index (κ2) is 9.37. The Bertz CT molecular complexity index is 597. The molecule has 3 heterocycles. The summed E-state index contributed by atoms with van der Waals surface area (Å²) in [7, 11) is 0. The van der Waals surface area contributed by atoms with Crippen LogP contribution >= 0.6 is 0 Å². The Hall–Kier alpha value is -1.86. The van der Waals surface area contributed by atoms with E-state index in [-0.39, 0.29) is 11.6 Å². The van der Waals surface area contributed by atoms with E-state index in [0.29, 0.717) is 13.1 Å². The highest BCUT2D eigenvalue weighted by molar-refractivity contribution is 5.73. The number of hydrogen-bond acceptors (Lipinski definition) is 5. The minimum absolute atomic E-state index is 0.0416. The summed E-state index contributed by atoms with van der Waals surface area (Å²) in [6.45, 7) is 11.0. The van der Waals surface area contributed by atoms with E-state index in [1.165, 1.54) is 12.8 Å². The third-order valence-electron chi connectivity index (χ3n) is 5.86. The van der Waals surface area contributed by atoms with Crippen molar-refractivity contribution in [1.82, 2.24) is 20.5 Å². The maximum Gasteiger partial charge on any atom is 0.315 e. The smallest absolute Gasteiger partial charge is 0.315 e. The van der Waals surface area contributed by atoms with Crippen LogP contribution < -0.4 is 15.5 Å². The van der Waals surface area contributed by atoms with Gasteiger partial charge in [0.2, 0.25) is 0 Å². The first kappa shape index (κ1) is 19.9. The zero-order chi connectivity index (χ0) is 19.1. The number of nitrogens with zero attached hydrogens (tertiary/aromatic N) is 3. The highest BCUT2D eigenvalue weighted by Gasteiger charge is 2.31. The van der Waals surface area contributed by atoms with Gasteiger partial charge in [0.15, 0.2) is 0 Å². The number of morpholine rings is 1. The van der Waals surface area contributed by atoms with E-state index in [4.69, 9.17) is 4.74 Å². The number of rotatable bonds is 7. The molecule has 150 valence electrons. The molecule has 2 fully saturated rings. The van der Waals surface area contributed by atoms with Crippen LogP contribution in [0, 0.1) is 0 Å². The fourth-order valence-corrected chi connectivity index (χ4v) is 3.73. The summed E-state index contributed by atoms with van der Waals surface area (Å²) in [5.41, 5.74) is 0.972. The van der Waals surface area contributed by atoms with Crippen LogP contribution in [-0.2, 0) is 11.3 Å². The van der Waals surface area contributed by atoms with Crippen LogP contribution in [0.25, 0.3) is 0 Å². The lowest BCUT2D eigenvalue weighted by Gasteiger charge is -2.43. The lowest BCUT2D eigenvalue weighted by atomic mass is 9.95. The highest BCUT2D eigenvalue weighted by Crippen LogP contribution is 2.20. The first-order valence-corrected chi connectivity index (χ1v) is 10.1. The molecule has 0 aromatic carbocycles. The van der Waals surface area contributed by atoms with Crippen molar-refractivity contribution in [1.29, 1.82) is 0 Å². The Kier molecular flexibility index (Phi) is 6.90. The standard InChI is InChI=1S/C20H33N5O2/c1-3-20(2,25-10-12-27-13-11-25)16-23-19(26)22-15-17-6-7-18(21-14-17)24-8-4-5-9-24/h6-7,14H,3-5,8-13,15-16H2,1-2H3,(H2,22,23,26). The van der Waals surface area contributed by atoms with E-state index in [0.717, 1.165) is 57.2 Å². The second-order valence-corrected chi connectivity index (χ2v) is 7.70. The maximum absolute atomic E-state index is 12.2. The number of anilines is 1. The molecule has 2 N–H and O–H groups in total. The van der Waals surface area contributed by atoms with Crippen LogP contribution in [-0.4, -0.2) is 67.4 Å². The third-order valence-corrected chi connectivity index (χ3v) is 5.86. The average Bonchev–Trinajstić information content (AvgIpc) is 3.26. The molecular weight excluding hydrogens is 342 g/mol. The number of aromatic nitrogens is 1. The van der Waals surface area contributed by atoms with Gasteiger partial charge in [-0.3, -0.25) is 4.90 Å². The van der Waals surface area contributed by atoms with Gasteiger partial charge in [-0.05, 0) is 37.8 Å². The Labute approximate surface area is 162 Å². The number of amides is 2. The molecule has 7 nitrogen and oxygen atoms in total. The Morgan fingerprint density at radius 1 is 1.19 bits per heavy atom. The molecule has 3 rings (SSSR count). The lowest BCUT2D eigenvalue weighted by molar-refractivity contribution is -0.0165. The summed E-state index contributed by atoms with van der Waals surface area (Å²) in [5.74, 6) is 1.03. The van der Waals surface area contributed by atoms with Crippen molar-refractivity contribution >= 4 is 11.8 Å². The van der Waals surface area contributed by atoms with E-state index in [9.17, 15) is 4.79 Å². The molecule has 2 aliphatic heterocycles. The summed E-state index contributed by atoms with van der Waals surface area (Å²) in [4.78, 5) is 21.5. The van der Waals surface area contributed by atoms with Crippen LogP contribution in [0.1, 0.15) is 38.7 Å². The molecule has 2 amide bonds. The van der Waals surface area contributed by atoms with E-state index >= 15 is 0 Å². The summed E-state index contributed by atoms with van der Waals surface area (Å²) in [6.07, 6.45) is 5.32. The molecule has 0 aliphatic carbocycles. The number of urea groups is 1. The number of hydrogen-bond donors (Lipinski definition) is 2. The van der Waals surface area contributed by atoms with Crippen LogP contribution in [0.15, 0.2) is 18.3 Å². The van der Waals surface area contributed by atoms with Crippen LogP contribution in [0.5, 0.6) is 0 Å². The predicted octanol–water partition coefficient (Wildman–Crippen LogP) is 1.98. The van der Waals surface area contributed by atoms with Crippen molar-refractivity contribution in [2.45, 2.75) is 45.2 Å². The van der Waals surface area contributed by atoms with Gasteiger partial charge in [-0.1, -0.05) is 13.0 Å². The number of pyridine rings is 1. The molecule has 1 aromatic rings. The Morgan fingerprint density at radius 2 is 1.93 bits per heavy atom. The van der Waals surface area contributed by atoms with E-state index < -0.39 is 0 Å². The molecule has 1 atom stereocenters. The minimum atomic E-state index is -0.133. The van der Waals surface area contributed by atoms with Gasteiger partial charge < -0.3 is 20.3 Å². The SMILES string of the molecule is CCC(C)(CNC(=O)NCc1ccc(N2CCCC2)nc1)N1CCOCC1. The van der Waals surface area contributed by atoms with Gasteiger partial charge in [0.05, 0.1) is 13.2 Å². The molecule has 0 saturated carbocycles. The number of carbonyl (C=O) groups is 1. The topological polar surface area (TPSA) is 69.7 Å². The summed E-state index contributed by atoms with van der Waals surface area (Å²) < 4.78 is 5.44. The fourth-order valence-electron chi connectivity index (χ4n) is 3.73. The van der Waals surface area contributed by atoms with Crippen molar-refractivity contribution in [2.75, 3.05) is 50.8 Å². The van der Waals surface area contributed by atoms with Crippen molar-refractivity contribution in [2.24, 2.45) is 0 Å². The minimum Gasteiger partial charge on any atom is -0.379 e. The fraction of sp³-hybridized carbons (Fsp3) is 0.700. The number of ether oxygens (including phenoxy) is 1. The number of nitrogens with one attached hydrogen (secondary N) is 2. The summed E-state index contributed by atoms with van der Waals surface area (Å²) >= 11 is 0. The molecule has 0 bridgehead atoms. The van der Waals surface area contributed by atoms with Crippen molar-refractivity contribution in [3.05, 3.63) is 23.9 Å². The molecule has 1 unspecified atom stereocenters. The van der Waals surface area contributed by atoms with Crippen molar-refractivity contribution in [3.8, 4) is 0 Å². The maximum atomic E-state index is 12.2. The van der Waals surface area contributed by atoms with E-state index in [1.807, 2.05) is 18.3 Å². The highest BCUT2D eigenvalue weighted by atomic mass is 16.5. The number of carbonyl (C=O) groups excluding carboxylic acids is 1. The first-order valence-electron chi connectivity index (χ1n) is 10.1. The summed E-state index contributed by atoms with van der Waals surface area (Å²) in [5, 5.41) is 5.98. The van der Waals surface area contributed by atoms with Gasteiger partial charge in [0.25, 0.3) is 0 Å². The zero-order valence-corrected chi connectivity index (χ0v) is 16.7. The van der Waals surface area contributed by atoms with Gasteiger partial charge in [-0.25, -0.2) is 9.78 Å². The van der Waals surface area contributed by atoms with Gasteiger partial charge >= 0.3 is 6.03 Å². The summed E-state index contributed by atoms with van der Waals surface area (Å²) in [6, 6.07) is 3.96. The predicted molar refractivity (Wildman–Crippen MR) is 107 cm³/mol. The second-order valence-electron chi connectivity index (χ2n) is 7.70. The molecule has 0 radical (unpaired) electrons. The molecule has 2 aliphatic rings.